The molecule has 1 fully saturated rings. The number of carbonyl (C=O) groups excluding carboxylic acids is 1. The maximum atomic E-state index is 11.8. The first kappa shape index (κ1) is 11.5. The highest BCUT2D eigenvalue weighted by atomic mass is 79.9. The number of nitrogens with one attached hydrogen (secondary N) is 1. The number of hydrogen-bond acceptors (Lipinski definition) is 2. The number of carbonyl (C=O) groups is 1. The number of benzene rings is 1. The first-order valence-corrected chi connectivity index (χ1v) is 6.25. The molecule has 4 heteroatoms. The molecule has 0 bridgehead atoms. The van der Waals surface area contributed by atoms with Gasteiger partial charge in [-0.3, -0.25) is 4.79 Å². The van der Waals surface area contributed by atoms with Crippen LogP contribution in [0, 0.1) is 0 Å². The molecule has 1 saturated carbocycles. The highest BCUT2D eigenvalue weighted by Gasteiger charge is 2.19. The summed E-state index contributed by atoms with van der Waals surface area (Å²) < 4.78 is 0.766. The average molecular weight is 284 g/mol. The zero-order chi connectivity index (χ0) is 11.5. The van der Waals surface area contributed by atoms with Crippen LogP contribution in [0.4, 0.5) is 0 Å². The van der Waals surface area contributed by atoms with Crippen LogP contribution in [0.2, 0.25) is 0 Å². The predicted molar refractivity (Wildman–Crippen MR) is 65.5 cm³/mol. The fourth-order valence-corrected chi connectivity index (χ4v) is 2.38. The van der Waals surface area contributed by atoms with Crippen molar-refractivity contribution in [2.24, 2.45) is 0 Å². The van der Waals surface area contributed by atoms with Gasteiger partial charge in [0.15, 0.2) is 0 Å². The van der Waals surface area contributed by atoms with Crippen LogP contribution in [0.25, 0.3) is 0 Å². The van der Waals surface area contributed by atoms with Crippen molar-refractivity contribution in [2.75, 3.05) is 0 Å². The summed E-state index contributed by atoms with van der Waals surface area (Å²) in [5.74, 6) is -0.165. The summed E-state index contributed by atoms with van der Waals surface area (Å²) >= 11 is 3.24. The van der Waals surface area contributed by atoms with Gasteiger partial charge < -0.3 is 10.4 Å². The van der Waals surface area contributed by atoms with Gasteiger partial charge in [0, 0.05) is 10.5 Å². The Morgan fingerprint density at radius 1 is 1.38 bits per heavy atom. The average Bonchev–Trinajstić information content (AvgIpc) is 2.70. The SMILES string of the molecule is O=C(NC1CCCC1)c1ccc(Br)cc1O. The number of amides is 1. The second-order valence-corrected chi connectivity index (χ2v) is 5.03. The molecule has 3 nitrogen and oxygen atoms in total. The van der Waals surface area contributed by atoms with Crippen LogP contribution in [0.3, 0.4) is 0 Å². The van der Waals surface area contributed by atoms with Crippen molar-refractivity contribution < 1.29 is 9.90 Å². The Bertz CT molecular complexity index is 400. The second kappa shape index (κ2) is 4.87. The van der Waals surface area contributed by atoms with Gasteiger partial charge in [0.05, 0.1) is 5.56 Å². The number of aromatic hydroxyl groups is 1. The van der Waals surface area contributed by atoms with Crippen LogP contribution in [0.1, 0.15) is 36.0 Å². The smallest absolute Gasteiger partial charge is 0.255 e. The predicted octanol–water partition coefficient (Wildman–Crippen LogP) is 2.83. The summed E-state index contributed by atoms with van der Waals surface area (Å²) in [6.45, 7) is 0. The Balaban J connectivity index is 2.08. The van der Waals surface area contributed by atoms with Crippen molar-refractivity contribution >= 4 is 21.8 Å². The van der Waals surface area contributed by atoms with E-state index in [1.807, 2.05) is 0 Å². The molecule has 0 saturated heterocycles. The zero-order valence-electron chi connectivity index (χ0n) is 8.87. The second-order valence-electron chi connectivity index (χ2n) is 4.12. The normalized spacial score (nSPS) is 16.3. The summed E-state index contributed by atoms with van der Waals surface area (Å²) in [7, 11) is 0. The van der Waals surface area contributed by atoms with Gasteiger partial charge in [-0.15, -0.1) is 0 Å². The molecular weight excluding hydrogens is 270 g/mol. The van der Waals surface area contributed by atoms with Gasteiger partial charge in [-0.1, -0.05) is 28.8 Å². The molecule has 0 aromatic heterocycles. The van der Waals surface area contributed by atoms with E-state index in [4.69, 9.17) is 0 Å². The van der Waals surface area contributed by atoms with Crippen LogP contribution in [0.15, 0.2) is 22.7 Å². The van der Waals surface area contributed by atoms with E-state index < -0.39 is 0 Å². The van der Waals surface area contributed by atoms with E-state index in [2.05, 4.69) is 21.2 Å². The molecule has 16 heavy (non-hydrogen) atoms. The van der Waals surface area contributed by atoms with Gasteiger partial charge in [0.2, 0.25) is 0 Å². The summed E-state index contributed by atoms with van der Waals surface area (Å²) in [6, 6.07) is 5.19. The lowest BCUT2D eigenvalue weighted by Gasteiger charge is -2.12. The van der Waals surface area contributed by atoms with Crippen molar-refractivity contribution in [2.45, 2.75) is 31.7 Å². The van der Waals surface area contributed by atoms with Gasteiger partial charge in [0.1, 0.15) is 5.75 Å². The first-order chi connectivity index (χ1) is 7.66. The standard InChI is InChI=1S/C12H14BrNO2/c13-8-5-6-10(11(15)7-8)12(16)14-9-3-1-2-4-9/h5-7,9,15H,1-4H2,(H,14,16). The third-order valence-electron chi connectivity index (χ3n) is 2.89. The monoisotopic (exact) mass is 283 g/mol. The Morgan fingerprint density at radius 2 is 2.06 bits per heavy atom. The minimum Gasteiger partial charge on any atom is -0.507 e. The van der Waals surface area contributed by atoms with Crippen LogP contribution >= 0.6 is 15.9 Å². The molecule has 0 heterocycles. The molecule has 0 aliphatic heterocycles. The van der Waals surface area contributed by atoms with E-state index in [0.717, 1.165) is 17.3 Å². The zero-order valence-corrected chi connectivity index (χ0v) is 10.5. The highest BCUT2D eigenvalue weighted by Crippen LogP contribution is 2.23. The topological polar surface area (TPSA) is 49.3 Å². The number of phenolic OH excluding ortho intramolecular Hbond substituents is 1. The van der Waals surface area contributed by atoms with Crippen LogP contribution in [0.5, 0.6) is 5.75 Å². The summed E-state index contributed by atoms with van der Waals surface area (Å²) in [5, 5.41) is 12.6. The van der Waals surface area contributed by atoms with Gasteiger partial charge in [0.25, 0.3) is 5.91 Å². The van der Waals surface area contributed by atoms with Gasteiger partial charge >= 0.3 is 0 Å². The molecule has 1 aliphatic rings. The molecule has 1 aliphatic carbocycles. The molecule has 2 rings (SSSR count). The fourth-order valence-electron chi connectivity index (χ4n) is 2.03. The largest absolute Gasteiger partial charge is 0.507 e. The minimum absolute atomic E-state index is 0.0184. The molecule has 1 amide bonds. The molecule has 1 aromatic carbocycles. The van der Waals surface area contributed by atoms with Crippen molar-refractivity contribution in [1.82, 2.24) is 5.32 Å². The number of halogens is 1. The Kier molecular flexibility index (Phi) is 3.49. The summed E-state index contributed by atoms with van der Waals surface area (Å²) in [4.78, 5) is 11.8. The number of hydrogen-bond donors (Lipinski definition) is 2. The lowest BCUT2D eigenvalue weighted by Crippen LogP contribution is -2.32. The lowest BCUT2D eigenvalue weighted by atomic mass is 10.1. The molecule has 0 spiro atoms. The van der Waals surface area contributed by atoms with Crippen molar-refractivity contribution in [3.05, 3.63) is 28.2 Å². The van der Waals surface area contributed by atoms with Crippen LogP contribution in [-0.2, 0) is 0 Å². The fraction of sp³-hybridized carbons (Fsp3) is 0.417. The quantitative estimate of drug-likeness (QED) is 0.877. The van der Waals surface area contributed by atoms with Crippen LogP contribution < -0.4 is 5.32 Å². The number of phenols is 1. The molecule has 0 atom stereocenters. The Hall–Kier alpha value is -1.03. The third-order valence-corrected chi connectivity index (χ3v) is 3.39. The van der Waals surface area contributed by atoms with E-state index in [-0.39, 0.29) is 17.7 Å². The molecule has 0 radical (unpaired) electrons. The van der Waals surface area contributed by atoms with E-state index >= 15 is 0 Å². The lowest BCUT2D eigenvalue weighted by molar-refractivity contribution is 0.0935. The van der Waals surface area contributed by atoms with E-state index in [9.17, 15) is 9.90 Å². The molecule has 86 valence electrons. The van der Waals surface area contributed by atoms with Gasteiger partial charge in [-0.05, 0) is 31.0 Å². The van der Waals surface area contributed by atoms with Crippen molar-refractivity contribution in [3.63, 3.8) is 0 Å². The minimum atomic E-state index is -0.183. The van der Waals surface area contributed by atoms with Gasteiger partial charge in [-0.25, -0.2) is 0 Å². The Labute approximate surface area is 103 Å². The number of rotatable bonds is 2. The summed E-state index contributed by atoms with van der Waals surface area (Å²) in [5.41, 5.74) is 0.343. The molecule has 0 unspecified atom stereocenters. The Morgan fingerprint density at radius 3 is 2.69 bits per heavy atom. The van der Waals surface area contributed by atoms with E-state index in [1.54, 1.807) is 12.1 Å². The molecule has 1 aromatic rings. The van der Waals surface area contributed by atoms with Crippen LogP contribution in [-0.4, -0.2) is 17.1 Å². The molecular formula is C12H14BrNO2. The van der Waals surface area contributed by atoms with Crippen molar-refractivity contribution in [3.8, 4) is 5.75 Å². The highest BCUT2D eigenvalue weighted by molar-refractivity contribution is 9.10. The maximum absolute atomic E-state index is 11.8. The van der Waals surface area contributed by atoms with Gasteiger partial charge in [-0.2, -0.15) is 0 Å². The van der Waals surface area contributed by atoms with Crippen molar-refractivity contribution in [1.29, 1.82) is 0 Å². The van der Waals surface area contributed by atoms with E-state index in [0.29, 0.717) is 5.56 Å². The first-order valence-electron chi connectivity index (χ1n) is 5.46. The van der Waals surface area contributed by atoms with E-state index in [1.165, 1.54) is 18.9 Å². The third kappa shape index (κ3) is 2.55. The maximum Gasteiger partial charge on any atom is 0.255 e. The summed E-state index contributed by atoms with van der Waals surface area (Å²) in [6.07, 6.45) is 4.45. The molecule has 2 N–H and O–H groups in total.